The monoisotopic (exact) mass is 156 g/mol. The quantitative estimate of drug-likeness (QED) is 0.316. The van der Waals surface area contributed by atoms with Crippen LogP contribution in [0.25, 0.3) is 5.84 Å². The summed E-state index contributed by atoms with van der Waals surface area (Å²) in [5.41, 5.74) is 0. The first-order valence-corrected chi connectivity index (χ1v) is 4.07. The van der Waals surface area contributed by atoms with Crippen LogP contribution in [0.3, 0.4) is 0 Å². The Morgan fingerprint density at radius 1 is 1.88 bits per heavy atom. The van der Waals surface area contributed by atoms with Crippen LogP contribution in [0.4, 0.5) is 0 Å². The molecule has 0 saturated heterocycles. The van der Waals surface area contributed by atoms with Crippen molar-refractivity contribution in [3.63, 3.8) is 0 Å². The van der Waals surface area contributed by atoms with Crippen molar-refractivity contribution in [3.05, 3.63) is 11.0 Å². The van der Waals surface area contributed by atoms with Gasteiger partial charge in [0.15, 0.2) is 0 Å². The fourth-order valence-corrected chi connectivity index (χ4v) is 0.788. The Kier molecular flexibility index (Phi) is 4.90. The Morgan fingerprint density at radius 2 is 2.38 bits per heavy atom. The molecule has 0 fully saturated rings. The van der Waals surface area contributed by atoms with Gasteiger partial charge in [0.05, 0.1) is 0 Å². The van der Waals surface area contributed by atoms with Gasteiger partial charge in [-0.25, -0.2) is 0 Å². The second-order valence-corrected chi connectivity index (χ2v) is 2.34. The van der Waals surface area contributed by atoms with Crippen LogP contribution < -0.4 is 15.4 Å². The Balaban J connectivity index is 3.29. The van der Waals surface area contributed by atoms with Crippen molar-refractivity contribution in [2.45, 2.75) is 0 Å². The molecule has 0 aliphatic carbocycles. The van der Waals surface area contributed by atoms with Crippen LogP contribution in [-0.2, 0) is 0 Å². The molecule has 0 aromatic carbocycles. The average molecular weight is 156 g/mol. The molecule has 0 heterocycles. The molecule has 0 amide bonds. The highest BCUT2D eigenvalue weighted by atomic mass is 31.1. The second kappa shape index (κ2) is 4.53. The summed E-state index contributed by atoms with van der Waals surface area (Å²) in [4.78, 5) is -0.139. The molecule has 0 spiro atoms. The van der Waals surface area contributed by atoms with Crippen LogP contribution in [0.2, 0.25) is 0 Å². The van der Waals surface area contributed by atoms with Crippen molar-refractivity contribution in [1.29, 1.82) is 0 Å². The third kappa shape index (κ3) is 2.84. The molecular formula is CH10N4OP2. The largest absolute Gasteiger partial charge is 0.582 e. The van der Waals surface area contributed by atoms with Crippen molar-refractivity contribution >= 4 is 18.1 Å². The van der Waals surface area contributed by atoms with Crippen LogP contribution >= 0.6 is 18.1 Å². The minimum atomic E-state index is -0.139. The van der Waals surface area contributed by atoms with Gasteiger partial charge in [-0.1, -0.05) is 0 Å². The maximum Gasteiger partial charge on any atom is 0.135 e. The van der Waals surface area contributed by atoms with Gasteiger partial charge >= 0.3 is 0 Å². The summed E-state index contributed by atoms with van der Waals surface area (Å²) in [6, 6.07) is 0. The summed E-state index contributed by atoms with van der Waals surface area (Å²) < 4.78 is 0. The molecular weight excluding hydrogens is 146 g/mol. The van der Waals surface area contributed by atoms with E-state index in [1.165, 1.54) is 0 Å². The second-order valence-electron chi connectivity index (χ2n) is 1.10. The van der Waals surface area contributed by atoms with E-state index in [4.69, 9.17) is 5.84 Å². The predicted molar refractivity (Wildman–Crippen MR) is 36.7 cm³/mol. The molecule has 8 heavy (non-hydrogen) atoms. The van der Waals surface area contributed by atoms with Crippen molar-refractivity contribution in [2.24, 2.45) is 0 Å². The summed E-state index contributed by atoms with van der Waals surface area (Å²) >= 11 is 0. The van der Waals surface area contributed by atoms with Crippen molar-refractivity contribution in [3.8, 4) is 0 Å². The van der Waals surface area contributed by atoms with Crippen LogP contribution in [0.1, 0.15) is 0 Å². The number of hydrogen-bond acceptors (Lipinski definition) is 2. The van der Waals surface area contributed by atoms with E-state index in [9.17, 15) is 5.21 Å². The number of nitrogens with one attached hydrogen (secondary N) is 4. The highest BCUT2D eigenvalue weighted by Gasteiger charge is 1.94. The Labute approximate surface area is 52.2 Å². The smallest absolute Gasteiger partial charge is 0.135 e. The molecule has 0 radical (unpaired) electrons. The van der Waals surface area contributed by atoms with Crippen LogP contribution in [0, 0.1) is 5.21 Å². The Morgan fingerprint density at radius 3 is 2.50 bits per heavy atom. The molecule has 4 atom stereocenters. The highest BCUT2D eigenvalue weighted by Crippen LogP contribution is 1.75. The number of quaternary nitrogens is 2. The fraction of sp³-hybridized carbons (Fsp3) is 1.00. The van der Waals surface area contributed by atoms with E-state index in [0.717, 1.165) is 0 Å². The summed E-state index contributed by atoms with van der Waals surface area (Å²) in [5.74, 6) is 6.87. The Hall–Kier alpha value is 0.660. The van der Waals surface area contributed by atoms with Gasteiger partial charge in [-0.3, -0.25) is 0 Å². The topological polar surface area (TPSA) is 67.8 Å². The summed E-state index contributed by atoms with van der Waals surface area (Å²) in [6.07, 6.45) is 0. The van der Waals surface area contributed by atoms with E-state index < -0.39 is 0 Å². The zero-order valence-electron chi connectivity index (χ0n) is 4.49. The van der Waals surface area contributed by atoms with E-state index in [2.05, 4.69) is 14.6 Å². The zero-order chi connectivity index (χ0) is 6.57. The van der Waals surface area contributed by atoms with Gasteiger partial charge in [0.25, 0.3) is 0 Å². The van der Waals surface area contributed by atoms with E-state index in [1.807, 2.05) is 0 Å². The molecule has 4 N–H and O–H groups in total. The van der Waals surface area contributed by atoms with Crippen LogP contribution in [-0.4, -0.2) is 6.66 Å². The first-order valence-electron chi connectivity index (χ1n) is 1.99. The molecule has 0 aliphatic heterocycles. The first-order chi connectivity index (χ1) is 3.72. The van der Waals surface area contributed by atoms with Gasteiger partial charge in [-0.05, 0) is 9.39 Å². The SMILES string of the molecule is CP[NH+]([O-])[NH+]([NH-])NP. The lowest BCUT2D eigenvalue weighted by Gasteiger charge is -2.28. The summed E-state index contributed by atoms with van der Waals surface area (Å²) in [6.45, 7) is 1.75. The van der Waals surface area contributed by atoms with Gasteiger partial charge < -0.3 is 11.0 Å². The molecule has 0 rings (SSSR count). The fourth-order valence-electron chi connectivity index (χ4n) is 0.191. The minimum Gasteiger partial charge on any atom is -0.582 e. The Bertz CT molecular complexity index is 54.0. The lowest BCUT2D eigenvalue weighted by Crippen LogP contribution is -3.54. The van der Waals surface area contributed by atoms with Gasteiger partial charge in [-0.15, -0.1) is 5.20 Å². The van der Waals surface area contributed by atoms with Crippen LogP contribution in [0.15, 0.2) is 0 Å². The van der Waals surface area contributed by atoms with Gasteiger partial charge in [-0.2, -0.15) is 10.2 Å². The van der Waals surface area contributed by atoms with E-state index >= 15 is 0 Å². The number of rotatable bonds is 3. The van der Waals surface area contributed by atoms with E-state index in [1.54, 1.807) is 6.66 Å². The number of hydrogen-bond donors (Lipinski definition) is 3. The third-order valence-electron chi connectivity index (χ3n) is 0.598. The van der Waals surface area contributed by atoms with Crippen molar-refractivity contribution < 1.29 is 10.2 Å². The molecule has 0 aromatic rings. The first kappa shape index (κ1) is 8.66. The normalized spacial score (nSPS) is 19.5. The third-order valence-corrected chi connectivity index (χ3v) is 1.59. The van der Waals surface area contributed by atoms with Crippen LogP contribution in [0.5, 0.6) is 0 Å². The van der Waals surface area contributed by atoms with Crippen molar-refractivity contribution in [2.75, 3.05) is 6.66 Å². The van der Waals surface area contributed by atoms with Gasteiger partial charge in [0.1, 0.15) is 8.73 Å². The van der Waals surface area contributed by atoms with Crippen molar-refractivity contribution in [1.82, 2.24) is 5.20 Å². The van der Waals surface area contributed by atoms with Gasteiger partial charge in [0, 0.05) is 6.66 Å². The summed E-state index contributed by atoms with van der Waals surface area (Å²) in [5, 5.41) is 12.8. The molecule has 0 saturated carbocycles. The summed E-state index contributed by atoms with van der Waals surface area (Å²) in [7, 11) is 2.28. The highest BCUT2D eigenvalue weighted by molar-refractivity contribution is 7.29. The molecule has 5 nitrogen and oxygen atoms in total. The molecule has 0 bridgehead atoms. The maximum atomic E-state index is 10.5. The molecule has 7 heteroatoms. The average Bonchev–Trinajstić information content (AvgIpc) is 1.84. The lowest BCUT2D eigenvalue weighted by molar-refractivity contribution is -1.42. The van der Waals surface area contributed by atoms with Gasteiger partial charge in [0.2, 0.25) is 0 Å². The van der Waals surface area contributed by atoms with E-state index in [-0.39, 0.29) is 18.9 Å². The predicted octanol–water partition coefficient (Wildman–Crippen LogP) is -2.35. The zero-order valence-corrected chi connectivity index (χ0v) is 6.64. The maximum absolute atomic E-state index is 10.5. The van der Waals surface area contributed by atoms with E-state index in [0.29, 0.717) is 0 Å². The lowest BCUT2D eigenvalue weighted by atomic mass is 12.0. The minimum absolute atomic E-state index is 0.0316. The molecule has 0 aliphatic rings. The molecule has 0 aromatic heterocycles. The molecule has 50 valence electrons. The standard InChI is InChI=1S/CH10N4OP2/c1-8-5(6)4(2)3-7/h2-5,8H,7H2,1H3. The molecule has 4 unspecified atom stereocenters.